The van der Waals surface area contributed by atoms with Gasteiger partial charge in [0, 0.05) is 30.1 Å². The summed E-state index contributed by atoms with van der Waals surface area (Å²) in [5, 5.41) is 24.1. The zero-order chi connectivity index (χ0) is 23.9. The summed E-state index contributed by atoms with van der Waals surface area (Å²) in [5.74, 6) is 1.50. The lowest BCUT2D eigenvalue weighted by atomic mass is 10.1. The molecule has 2 heterocycles. The second kappa shape index (κ2) is 10.2. The van der Waals surface area contributed by atoms with Gasteiger partial charge in [-0.15, -0.1) is 10.2 Å². The SMILES string of the molecule is COc1ccccc1C(C#N)NC(=O)c1cccc(NCc2nnc(-c3ccncn3)n2C)c1. The number of hydrogen-bond donors (Lipinski definition) is 2. The highest BCUT2D eigenvalue weighted by atomic mass is 16.5. The minimum atomic E-state index is -0.848. The predicted molar refractivity (Wildman–Crippen MR) is 125 cm³/mol. The number of para-hydroxylation sites is 1. The third kappa shape index (κ3) is 4.83. The number of aromatic nitrogens is 5. The molecule has 0 aliphatic carbocycles. The van der Waals surface area contributed by atoms with E-state index in [1.807, 2.05) is 17.7 Å². The Kier molecular flexibility index (Phi) is 6.74. The zero-order valence-electron chi connectivity index (χ0n) is 18.6. The number of benzene rings is 2. The molecule has 4 rings (SSSR count). The number of nitrogens with one attached hydrogen (secondary N) is 2. The summed E-state index contributed by atoms with van der Waals surface area (Å²) in [6.45, 7) is 0.391. The number of amides is 1. The highest BCUT2D eigenvalue weighted by Crippen LogP contribution is 2.25. The number of ether oxygens (including phenoxy) is 1. The van der Waals surface area contributed by atoms with Gasteiger partial charge in [-0.05, 0) is 30.3 Å². The van der Waals surface area contributed by atoms with Crippen molar-refractivity contribution in [2.75, 3.05) is 12.4 Å². The molecule has 0 fully saturated rings. The van der Waals surface area contributed by atoms with E-state index >= 15 is 0 Å². The largest absolute Gasteiger partial charge is 0.496 e. The number of rotatable bonds is 8. The molecule has 0 spiro atoms. The molecule has 1 atom stereocenters. The van der Waals surface area contributed by atoms with E-state index in [0.29, 0.717) is 40.8 Å². The maximum Gasteiger partial charge on any atom is 0.252 e. The molecule has 34 heavy (non-hydrogen) atoms. The van der Waals surface area contributed by atoms with Crippen molar-refractivity contribution in [1.82, 2.24) is 30.0 Å². The number of hydrogen-bond acceptors (Lipinski definition) is 8. The highest BCUT2D eigenvalue weighted by molar-refractivity contribution is 5.95. The van der Waals surface area contributed by atoms with Crippen LogP contribution >= 0.6 is 0 Å². The lowest BCUT2D eigenvalue weighted by Gasteiger charge is -2.15. The second-order valence-electron chi connectivity index (χ2n) is 7.31. The zero-order valence-corrected chi connectivity index (χ0v) is 18.6. The average molecular weight is 454 g/mol. The molecule has 0 saturated carbocycles. The number of carbonyl (C=O) groups excluding carboxylic acids is 1. The molecule has 0 bridgehead atoms. The summed E-state index contributed by atoms with van der Waals surface area (Å²) >= 11 is 0. The first kappa shape index (κ1) is 22.4. The Morgan fingerprint density at radius 2 is 2.03 bits per heavy atom. The molecule has 0 aliphatic rings. The van der Waals surface area contributed by atoms with E-state index in [1.165, 1.54) is 13.4 Å². The maximum absolute atomic E-state index is 12.9. The van der Waals surface area contributed by atoms with Crippen LogP contribution < -0.4 is 15.4 Å². The standard InChI is InChI=1S/C24H22N8O2/c1-32-22(30-31-23(32)19-10-11-26-15-28-19)14-27-17-7-5-6-16(12-17)24(33)29-20(13-25)18-8-3-4-9-21(18)34-2/h3-12,15,20,27H,14H2,1-2H3,(H,29,33). The third-order valence-electron chi connectivity index (χ3n) is 5.21. The molecule has 0 saturated heterocycles. The molecule has 4 aromatic rings. The van der Waals surface area contributed by atoms with Crippen LogP contribution in [0.25, 0.3) is 11.5 Å². The van der Waals surface area contributed by atoms with E-state index in [2.05, 4.69) is 36.9 Å². The second-order valence-corrected chi connectivity index (χ2v) is 7.31. The minimum absolute atomic E-state index is 0.370. The van der Waals surface area contributed by atoms with Gasteiger partial charge in [0.25, 0.3) is 5.91 Å². The smallest absolute Gasteiger partial charge is 0.252 e. The van der Waals surface area contributed by atoms with Crippen LogP contribution in [0.4, 0.5) is 5.69 Å². The number of nitriles is 1. The van der Waals surface area contributed by atoms with E-state index in [0.717, 1.165) is 5.69 Å². The summed E-state index contributed by atoms with van der Waals surface area (Å²) in [7, 11) is 3.39. The van der Waals surface area contributed by atoms with Crippen molar-refractivity contribution in [1.29, 1.82) is 5.26 Å². The maximum atomic E-state index is 12.9. The van der Waals surface area contributed by atoms with Crippen molar-refractivity contribution >= 4 is 11.6 Å². The van der Waals surface area contributed by atoms with E-state index in [1.54, 1.807) is 54.7 Å². The molecule has 2 N–H and O–H groups in total. The van der Waals surface area contributed by atoms with Gasteiger partial charge in [0.1, 0.15) is 23.8 Å². The molecule has 170 valence electrons. The minimum Gasteiger partial charge on any atom is -0.496 e. The van der Waals surface area contributed by atoms with Crippen LogP contribution in [-0.2, 0) is 13.6 Å². The lowest BCUT2D eigenvalue weighted by Crippen LogP contribution is -2.28. The van der Waals surface area contributed by atoms with Crippen LogP contribution in [0.2, 0.25) is 0 Å². The fourth-order valence-corrected chi connectivity index (χ4v) is 3.41. The lowest BCUT2D eigenvalue weighted by molar-refractivity contribution is 0.0945. The van der Waals surface area contributed by atoms with E-state index in [-0.39, 0.29) is 5.91 Å². The van der Waals surface area contributed by atoms with Gasteiger partial charge in [-0.25, -0.2) is 9.97 Å². The van der Waals surface area contributed by atoms with Gasteiger partial charge in [0.2, 0.25) is 0 Å². The molecular weight excluding hydrogens is 432 g/mol. The van der Waals surface area contributed by atoms with E-state index in [4.69, 9.17) is 4.74 Å². The summed E-state index contributed by atoms with van der Waals surface area (Å²) in [6, 6.07) is 17.2. The first-order valence-corrected chi connectivity index (χ1v) is 10.4. The van der Waals surface area contributed by atoms with Crippen LogP contribution in [0.5, 0.6) is 5.75 Å². The van der Waals surface area contributed by atoms with E-state index < -0.39 is 6.04 Å². The van der Waals surface area contributed by atoms with Gasteiger partial charge in [-0.2, -0.15) is 5.26 Å². The van der Waals surface area contributed by atoms with Crippen LogP contribution in [-0.4, -0.2) is 37.7 Å². The highest BCUT2D eigenvalue weighted by Gasteiger charge is 2.19. The van der Waals surface area contributed by atoms with Gasteiger partial charge in [-0.1, -0.05) is 24.3 Å². The normalized spacial score (nSPS) is 11.3. The van der Waals surface area contributed by atoms with Gasteiger partial charge in [0.15, 0.2) is 11.6 Å². The van der Waals surface area contributed by atoms with Crippen LogP contribution in [0, 0.1) is 11.3 Å². The van der Waals surface area contributed by atoms with E-state index in [9.17, 15) is 10.1 Å². The van der Waals surface area contributed by atoms with Crippen molar-refractivity contribution in [2.24, 2.45) is 7.05 Å². The van der Waals surface area contributed by atoms with Crippen LogP contribution in [0.15, 0.2) is 67.1 Å². The van der Waals surface area contributed by atoms with Gasteiger partial charge < -0.3 is 19.9 Å². The van der Waals surface area contributed by atoms with Gasteiger partial charge >= 0.3 is 0 Å². The number of carbonyl (C=O) groups is 1. The number of nitrogens with zero attached hydrogens (tertiary/aromatic N) is 6. The Bertz CT molecular complexity index is 1330. The average Bonchev–Trinajstić information content (AvgIpc) is 3.26. The molecule has 0 radical (unpaired) electrons. The molecule has 0 aliphatic heterocycles. The predicted octanol–water partition coefficient (Wildman–Crippen LogP) is 2.89. The fourth-order valence-electron chi connectivity index (χ4n) is 3.41. The molecule has 10 heteroatoms. The van der Waals surface area contributed by atoms with Crippen molar-refractivity contribution in [3.63, 3.8) is 0 Å². The fraction of sp³-hybridized carbons (Fsp3) is 0.167. The molecule has 10 nitrogen and oxygen atoms in total. The summed E-state index contributed by atoms with van der Waals surface area (Å²) < 4.78 is 7.16. The van der Waals surface area contributed by atoms with Crippen molar-refractivity contribution in [3.8, 4) is 23.3 Å². The third-order valence-corrected chi connectivity index (χ3v) is 5.21. The van der Waals surface area contributed by atoms with Crippen molar-refractivity contribution < 1.29 is 9.53 Å². The first-order chi connectivity index (χ1) is 16.6. The molecular formula is C24H22N8O2. The van der Waals surface area contributed by atoms with Crippen molar-refractivity contribution in [2.45, 2.75) is 12.6 Å². The quantitative estimate of drug-likeness (QED) is 0.416. The molecule has 1 unspecified atom stereocenters. The summed E-state index contributed by atoms with van der Waals surface area (Å²) in [6.07, 6.45) is 3.11. The molecule has 1 amide bonds. The Labute approximate surface area is 196 Å². The van der Waals surface area contributed by atoms with Gasteiger partial charge in [-0.3, -0.25) is 4.79 Å². The summed E-state index contributed by atoms with van der Waals surface area (Å²) in [4.78, 5) is 21.0. The van der Waals surface area contributed by atoms with Crippen LogP contribution in [0.1, 0.15) is 27.8 Å². The van der Waals surface area contributed by atoms with Crippen molar-refractivity contribution in [3.05, 3.63) is 84.1 Å². The molecule has 2 aromatic carbocycles. The number of anilines is 1. The number of methoxy groups -OCH3 is 1. The summed E-state index contributed by atoms with van der Waals surface area (Å²) in [5.41, 5.74) is 2.42. The Morgan fingerprint density at radius 3 is 2.79 bits per heavy atom. The van der Waals surface area contributed by atoms with Gasteiger partial charge in [0.05, 0.1) is 19.7 Å². The monoisotopic (exact) mass is 454 g/mol. The Morgan fingerprint density at radius 1 is 1.18 bits per heavy atom. The topological polar surface area (TPSA) is 131 Å². The first-order valence-electron chi connectivity index (χ1n) is 10.4. The van der Waals surface area contributed by atoms with Crippen LogP contribution in [0.3, 0.4) is 0 Å². The molecule has 2 aromatic heterocycles. The Hall–Kier alpha value is -4.78. The Balaban J connectivity index is 1.45.